The van der Waals surface area contributed by atoms with E-state index in [2.05, 4.69) is 39.7 Å². The monoisotopic (exact) mass is 264 g/mol. The Labute approximate surface area is 112 Å². The average Bonchev–Trinajstić information content (AvgIpc) is 2.96. The molecule has 0 aromatic carbocycles. The van der Waals surface area contributed by atoms with Gasteiger partial charge in [-0.1, -0.05) is 12.2 Å². The minimum absolute atomic E-state index is 0.482. The van der Waals surface area contributed by atoms with Crippen LogP contribution in [0.1, 0.15) is 28.4 Å². The van der Waals surface area contributed by atoms with Crippen LogP contribution < -0.4 is 10.6 Å². The Bertz CT molecular complexity index is 434. The summed E-state index contributed by atoms with van der Waals surface area (Å²) in [6, 6.07) is 0.482. The van der Waals surface area contributed by atoms with Crippen LogP contribution in [-0.4, -0.2) is 24.0 Å². The van der Waals surface area contributed by atoms with Crippen molar-refractivity contribution in [1.82, 2.24) is 15.6 Å². The van der Waals surface area contributed by atoms with E-state index in [9.17, 15) is 0 Å². The third-order valence-electron chi connectivity index (χ3n) is 3.05. The largest absolute Gasteiger partial charge is 0.353 e. The fourth-order valence-electron chi connectivity index (χ4n) is 1.90. The van der Waals surface area contributed by atoms with E-state index in [-0.39, 0.29) is 0 Å². The molecule has 0 bridgehead atoms. The van der Waals surface area contributed by atoms with E-state index >= 15 is 0 Å². The molecule has 0 spiro atoms. The summed E-state index contributed by atoms with van der Waals surface area (Å²) in [6.07, 6.45) is 6.57. The van der Waals surface area contributed by atoms with Crippen molar-refractivity contribution < 1.29 is 0 Å². The highest BCUT2D eigenvalue weighted by Gasteiger charge is 2.12. The number of aromatic nitrogens is 1. The molecule has 2 N–H and O–H groups in total. The van der Waals surface area contributed by atoms with E-state index in [1.807, 2.05) is 6.92 Å². The van der Waals surface area contributed by atoms with E-state index in [0.717, 1.165) is 36.0 Å². The predicted molar refractivity (Wildman–Crippen MR) is 77.1 cm³/mol. The van der Waals surface area contributed by atoms with Gasteiger partial charge in [0.15, 0.2) is 5.96 Å². The zero-order valence-electron chi connectivity index (χ0n) is 11.2. The highest BCUT2D eigenvalue weighted by Crippen LogP contribution is 2.16. The highest BCUT2D eigenvalue weighted by molar-refractivity contribution is 7.11. The number of hydrogen-bond acceptors (Lipinski definition) is 3. The van der Waals surface area contributed by atoms with Gasteiger partial charge in [-0.05, 0) is 26.7 Å². The van der Waals surface area contributed by atoms with Crippen LogP contribution in [0.25, 0.3) is 0 Å². The lowest BCUT2D eigenvalue weighted by Crippen LogP contribution is -2.42. The van der Waals surface area contributed by atoms with E-state index in [1.54, 1.807) is 18.4 Å². The molecule has 1 aromatic heterocycles. The van der Waals surface area contributed by atoms with Gasteiger partial charge in [0.25, 0.3) is 0 Å². The van der Waals surface area contributed by atoms with Crippen LogP contribution in [0.4, 0.5) is 0 Å². The van der Waals surface area contributed by atoms with Gasteiger partial charge in [0.05, 0.1) is 12.2 Å². The summed E-state index contributed by atoms with van der Waals surface area (Å²) in [4.78, 5) is 10.0. The van der Waals surface area contributed by atoms with E-state index in [0.29, 0.717) is 6.04 Å². The van der Waals surface area contributed by atoms with Crippen LogP contribution in [0.5, 0.6) is 0 Å². The van der Waals surface area contributed by atoms with Crippen molar-refractivity contribution in [3.8, 4) is 0 Å². The lowest BCUT2D eigenvalue weighted by molar-refractivity contribution is 0.632. The van der Waals surface area contributed by atoms with Crippen LogP contribution in [-0.2, 0) is 6.54 Å². The second kappa shape index (κ2) is 6.00. The summed E-state index contributed by atoms with van der Waals surface area (Å²) in [5.74, 6) is 0.856. The van der Waals surface area contributed by atoms with Crippen LogP contribution >= 0.6 is 11.3 Å². The maximum atomic E-state index is 4.51. The van der Waals surface area contributed by atoms with Crippen molar-refractivity contribution in [2.75, 3.05) is 7.05 Å². The average molecular weight is 264 g/mol. The van der Waals surface area contributed by atoms with Crippen molar-refractivity contribution in [2.45, 2.75) is 39.3 Å². The third kappa shape index (κ3) is 3.32. The standard InChI is InChI=1S/C13H20N4S/c1-9-10(2)18-12(16-9)8-15-13(14-3)17-11-6-4-5-7-11/h4-5,11H,6-8H2,1-3H3,(H2,14,15,17). The summed E-state index contributed by atoms with van der Waals surface area (Å²) in [6.45, 7) is 4.89. The number of nitrogens with zero attached hydrogens (tertiary/aromatic N) is 2. The van der Waals surface area contributed by atoms with Crippen LogP contribution in [0.3, 0.4) is 0 Å². The van der Waals surface area contributed by atoms with Gasteiger partial charge in [-0.2, -0.15) is 0 Å². The zero-order valence-corrected chi connectivity index (χ0v) is 12.0. The van der Waals surface area contributed by atoms with Gasteiger partial charge in [0, 0.05) is 18.0 Å². The SMILES string of the molecule is CN=C(NCc1nc(C)c(C)s1)NC1CC=CC1. The zero-order chi connectivity index (χ0) is 13.0. The van der Waals surface area contributed by atoms with Crippen molar-refractivity contribution in [3.63, 3.8) is 0 Å². The molecule has 0 atom stereocenters. The first-order valence-electron chi connectivity index (χ1n) is 6.24. The third-order valence-corrected chi connectivity index (χ3v) is 4.13. The Morgan fingerprint density at radius 3 is 2.72 bits per heavy atom. The molecule has 5 heteroatoms. The summed E-state index contributed by atoms with van der Waals surface area (Å²) in [5, 5.41) is 7.83. The van der Waals surface area contributed by atoms with Gasteiger partial charge < -0.3 is 10.6 Å². The van der Waals surface area contributed by atoms with Crippen LogP contribution in [0.2, 0.25) is 0 Å². The lowest BCUT2D eigenvalue weighted by Gasteiger charge is -2.16. The Morgan fingerprint density at radius 1 is 1.44 bits per heavy atom. The minimum Gasteiger partial charge on any atom is -0.353 e. The molecule has 0 amide bonds. The number of thiazole rings is 1. The molecule has 0 saturated carbocycles. The quantitative estimate of drug-likeness (QED) is 0.499. The second-order valence-electron chi connectivity index (χ2n) is 4.46. The first-order valence-corrected chi connectivity index (χ1v) is 7.05. The molecule has 1 aliphatic carbocycles. The number of rotatable bonds is 3. The maximum absolute atomic E-state index is 4.51. The van der Waals surface area contributed by atoms with E-state index in [1.165, 1.54) is 4.88 Å². The summed E-state index contributed by atoms with van der Waals surface area (Å²) in [5.41, 5.74) is 1.12. The molecule has 0 fully saturated rings. The number of nitrogens with one attached hydrogen (secondary N) is 2. The van der Waals surface area contributed by atoms with Crippen molar-refractivity contribution >= 4 is 17.3 Å². The Hall–Kier alpha value is -1.36. The van der Waals surface area contributed by atoms with Gasteiger partial charge in [-0.25, -0.2) is 4.98 Å². The molecule has 1 aliphatic rings. The van der Waals surface area contributed by atoms with E-state index in [4.69, 9.17) is 0 Å². The predicted octanol–water partition coefficient (Wildman–Crippen LogP) is 2.14. The summed E-state index contributed by atoms with van der Waals surface area (Å²) in [7, 11) is 1.80. The molecule has 4 nitrogen and oxygen atoms in total. The Kier molecular flexibility index (Phi) is 4.36. The highest BCUT2D eigenvalue weighted by atomic mass is 32.1. The molecular weight excluding hydrogens is 244 g/mol. The molecule has 2 rings (SSSR count). The fraction of sp³-hybridized carbons (Fsp3) is 0.538. The van der Waals surface area contributed by atoms with Crippen LogP contribution in [0.15, 0.2) is 17.1 Å². The molecular formula is C13H20N4S. The van der Waals surface area contributed by atoms with Gasteiger partial charge in [-0.15, -0.1) is 11.3 Å². The molecule has 1 heterocycles. The number of aliphatic imine (C=N–C) groups is 1. The Morgan fingerprint density at radius 2 is 2.17 bits per heavy atom. The van der Waals surface area contributed by atoms with E-state index < -0.39 is 0 Å². The molecule has 1 aromatic rings. The maximum Gasteiger partial charge on any atom is 0.191 e. The van der Waals surface area contributed by atoms with Gasteiger partial charge in [0.1, 0.15) is 5.01 Å². The summed E-state index contributed by atoms with van der Waals surface area (Å²) >= 11 is 1.74. The van der Waals surface area contributed by atoms with Crippen molar-refractivity contribution in [3.05, 3.63) is 27.7 Å². The molecule has 18 heavy (non-hydrogen) atoms. The molecule has 0 unspecified atom stereocenters. The fourth-order valence-corrected chi connectivity index (χ4v) is 2.77. The number of aryl methyl sites for hydroxylation is 2. The minimum atomic E-state index is 0.482. The molecule has 0 radical (unpaired) electrons. The van der Waals surface area contributed by atoms with Gasteiger partial charge >= 0.3 is 0 Å². The normalized spacial score (nSPS) is 16.3. The van der Waals surface area contributed by atoms with Gasteiger partial charge in [0.2, 0.25) is 0 Å². The van der Waals surface area contributed by atoms with Gasteiger partial charge in [-0.3, -0.25) is 4.99 Å². The van der Waals surface area contributed by atoms with Crippen LogP contribution in [0, 0.1) is 13.8 Å². The molecule has 0 saturated heterocycles. The molecule has 0 aliphatic heterocycles. The first kappa shape index (κ1) is 13.1. The number of guanidine groups is 1. The van der Waals surface area contributed by atoms with Crippen molar-refractivity contribution in [2.24, 2.45) is 4.99 Å². The topological polar surface area (TPSA) is 49.3 Å². The number of hydrogen-bond donors (Lipinski definition) is 2. The lowest BCUT2D eigenvalue weighted by atomic mass is 10.2. The Balaban J connectivity index is 1.83. The molecule has 98 valence electrons. The smallest absolute Gasteiger partial charge is 0.191 e. The summed E-state index contributed by atoms with van der Waals surface area (Å²) < 4.78 is 0. The second-order valence-corrected chi connectivity index (χ2v) is 5.75. The van der Waals surface area contributed by atoms with Crippen molar-refractivity contribution in [1.29, 1.82) is 0 Å². The first-order chi connectivity index (χ1) is 8.69.